The first-order chi connectivity index (χ1) is 9.22. The van der Waals surface area contributed by atoms with Gasteiger partial charge in [0.2, 0.25) is 0 Å². The minimum absolute atomic E-state index is 0.459. The Hall–Kier alpha value is -0.860. The van der Waals surface area contributed by atoms with Crippen LogP contribution in [-0.2, 0) is 0 Å². The van der Waals surface area contributed by atoms with E-state index >= 15 is 0 Å². The summed E-state index contributed by atoms with van der Waals surface area (Å²) in [7, 11) is 2.08. The van der Waals surface area contributed by atoms with Crippen molar-refractivity contribution in [2.24, 2.45) is 5.92 Å². The largest absolute Gasteiger partial charge is 0.312 e. The van der Waals surface area contributed by atoms with E-state index in [9.17, 15) is 0 Å². The molecule has 2 unspecified atom stereocenters. The molecule has 2 atom stereocenters. The Morgan fingerprint density at radius 2 is 2.26 bits per heavy atom. The molecule has 0 amide bonds. The summed E-state index contributed by atoms with van der Waals surface area (Å²) in [5, 5.41) is 3.48. The summed E-state index contributed by atoms with van der Waals surface area (Å²) in [4.78, 5) is 2.63. The number of benzene rings is 1. The quantitative estimate of drug-likeness (QED) is 0.843. The maximum Gasteiger partial charge on any atom is 0.0446 e. The number of nitrogens with one attached hydrogen (secondary N) is 1. The Balaban J connectivity index is 1.93. The van der Waals surface area contributed by atoms with E-state index in [0.717, 1.165) is 12.5 Å². The first-order valence-electron chi connectivity index (χ1n) is 7.69. The second-order valence-corrected chi connectivity index (χ2v) is 5.96. The summed E-state index contributed by atoms with van der Waals surface area (Å²) in [6, 6.07) is 9.34. The van der Waals surface area contributed by atoms with Gasteiger partial charge < -0.3 is 10.2 Å². The molecule has 0 aromatic heterocycles. The molecule has 1 saturated heterocycles. The number of likely N-dealkylation sites (tertiary alicyclic amines) is 1. The van der Waals surface area contributed by atoms with Gasteiger partial charge in [0.25, 0.3) is 0 Å². The molecule has 1 aromatic carbocycles. The number of nitrogens with zero attached hydrogens (tertiary/aromatic N) is 1. The van der Waals surface area contributed by atoms with Gasteiger partial charge in [0, 0.05) is 19.1 Å². The van der Waals surface area contributed by atoms with Gasteiger partial charge in [0.05, 0.1) is 0 Å². The molecule has 19 heavy (non-hydrogen) atoms. The fraction of sp³-hybridized carbons (Fsp3) is 0.647. The predicted octanol–water partition coefficient (Wildman–Crippen LogP) is 3.38. The molecule has 1 fully saturated rings. The lowest BCUT2D eigenvalue weighted by molar-refractivity contribution is 0.286. The van der Waals surface area contributed by atoms with Gasteiger partial charge in [-0.2, -0.15) is 0 Å². The van der Waals surface area contributed by atoms with E-state index in [-0.39, 0.29) is 0 Å². The van der Waals surface area contributed by atoms with Crippen LogP contribution in [0.5, 0.6) is 0 Å². The summed E-state index contributed by atoms with van der Waals surface area (Å²) >= 11 is 0. The highest BCUT2D eigenvalue weighted by Crippen LogP contribution is 2.23. The highest BCUT2D eigenvalue weighted by molar-refractivity contribution is 5.25. The lowest BCUT2D eigenvalue weighted by Gasteiger charge is -2.24. The zero-order valence-corrected chi connectivity index (χ0v) is 12.7. The van der Waals surface area contributed by atoms with Crippen LogP contribution < -0.4 is 5.32 Å². The molecule has 0 saturated carbocycles. The summed E-state index contributed by atoms with van der Waals surface area (Å²) < 4.78 is 0. The van der Waals surface area contributed by atoms with Crippen LogP contribution in [0.2, 0.25) is 0 Å². The fourth-order valence-electron chi connectivity index (χ4n) is 3.23. The van der Waals surface area contributed by atoms with E-state index in [0.29, 0.717) is 6.04 Å². The van der Waals surface area contributed by atoms with Crippen LogP contribution in [0.15, 0.2) is 24.3 Å². The molecule has 1 aliphatic heterocycles. The van der Waals surface area contributed by atoms with Gasteiger partial charge in [-0.15, -0.1) is 0 Å². The Morgan fingerprint density at radius 1 is 1.42 bits per heavy atom. The number of aryl methyl sites for hydroxylation is 1. The molecular formula is C17H28N2. The Bertz CT molecular complexity index is 389. The van der Waals surface area contributed by atoms with Crippen molar-refractivity contribution in [2.75, 3.05) is 26.7 Å². The fourth-order valence-corrected chi connectivity index (χ4v) is 3.23. The number of likely N-dealkylation sites (N-methyl/N-ethyl adjacent to an activating group) is 1. The van der Waals surface area contributed by atoms with Gasteiger partial charge in [-0.25, -0.2) is 0 Å². The molecule has 1 N–H and O–H groups in total. The van der Waals surface area contributed by atoms with Gasteiger partial charge in [-0.3, -0.25) is 0 Å². The predicted molar refractivity (Wildman–Crippen MR) is 82.4 cm³/mol. The number of hydrogen-bond acceptors (Lipinski definition) is 2. The van der Waals surface area contributed by atoms with Crippen molar-refractivity contribution in [1.82, 2.24) is 10.2 Å². The van der Waals surface area contributed by atoms with Crippen LogP contribution in [0.1, 0.15) is 43.4 Å². The van der Waals surface area contributed by atoms with Crippen molar-refractivity contribution in [1.29, 1.82) is 0 Å². The maximum absolute atomic E-state index is 3.48. The Morgan fingerprint density at radius 3 is 2.95 bits per heavy atom. The second kappa shape index (κ2) is 7.06. The molecule has 2 nitrogen and oxygen atoms in total. The van der Waals surface area contributed by atoms with Crippen molar-refractivity contribution in [2.45, 2.75) is 39.2 Å². The smallest absolute Gasteiger partial charge is 0.0446 e. The Kier molecular flexibility index (Phi) is 5.41. The molecular weight excluding hydrogens is 232 g/mol. The zero-order chi connectivity index (χ0) is 13.7. The van der Waals surface area contributed by atoms with E-state index in [4.69, 9.17) is 0 Å². The van der Waals surface area contributed by atoms with Crippen molar-refractivity contribution >= 4 is 0 Å². The Labute approximate surface area is 118 Å². The van der Waals surface area contributed by atoms with Crippen LogP contribution in [0.3, 0.4) is 0 Å². The van der Waals surface area contributed by atoms with Crippen LogP contribution in [0, 0.1) is 12.8 Å². The van der Waals surface area contributed by atoms with Gasteiger partial charge in [0.1, 0.15) is 0 Å². The molecule has 2 heteroatoms. The highest BCUT2D eigenvalue weighted by Gasteiger charge is 2.24. The second-order valence-electron chi connectivity index (χ2n) is 5.96. The summed E-state index contributed by atoms with van der Waals surface area (Å²) in [5.74, 6) is 0.931. The molecule has 1 aromatic rings. The number of rotatable bonds is 6. The van der Waals surface area contributed by atoms with Crippen molar-refractivity contribution in [3.63, 3.8) is 0 Å². The third kappa shape index (κ3) is 4.05. The molecule has 2 rings (SSSR count). The average Bonchev–Trinajstić information content (AvgIpc) is 2.84. The average molecular weight is 260 g/mol. The topological polar surface area (TPSA) is 15.3 Å². The van der Waals surface area contributed by atoms with Crippen LogP contribution in [-0.4, -0.2) is 31.6 Å². The highest BCUT2D eigenvalue weighted by atomic mass is 15.2. The zero-order valence-electron chi connectivity index (χ0n) is 12.7. The minimum Gasteiger partial charge on any atom is -0.312 e. The lowest BCUT2D eigenvalue weighted by Crippen LogP contribution is -2.32. The molecule has 1 heterocycles. The van der Waals surface area contributed by atoms with E-state index in [1.165, 1.54) is 43.5 Å². The van der Waals surface area contributed by atoms with Gasteiger partial charge in [0.15, 0.2) is 0 Å². The third-order valence-corrected chi connectivity index (χ3v) is 4.30. The van der Waals surface area contributed by atoms with Crippen LogP contribution >= 0.6 is 0 Å². The molecule has 0 radical (unpaired) electrons. The SMILES string of the molecule is CCCC1CCN(CC(NC)c2cccc(C)c2)C1. The van der Waals surface area contributed by atoms with E-state index < -0.39 is 0 Å². The van der Waals surface area contributed by atoms with Gasteiger partial charge in [-0.1, -0.05) is 43.2 Å². The van der Waals surface area contributed by atoms with Gasteiger partial charge in [-0.05, 0) is 44.8 Å². The molecule has 0 aliphatic carbocycles. The van der Waals surface area contributed by atoms with E-state index in [1.807, 2.05) is 0 Å². The summed E-state index contributed by atoms with van der Waals surface area (Å²) in [6.45, 7) is 8.17. The van der Waals surface area contributed by atoms with Gasteiger partial charge >= 0.3 is 0 Å². The normalized spacial score (nSPS) is 21.7. The van der Waals surface area contributed by atoms with Crippen LogP contribution in [0.4, 0.5) is 0 Å². The first kappa shape index (κ1) is 14.5. The third-order valence-electron chi connectivity index (χ3n) is 4.30. The maximum atomic E-state index is 3.48. The lowest BCUT2D eigenvalue weighted by atomic mass is 10.0. The monoisotopic (exact) mass is 260 g/mol. The molecule has 0 bridgehead atoms. The van der Waals surface area contributed by atoms with E-state index in [1.54, 1.807) is 0 Å². The first-order valence-corrected chi connectivity index (χ1v) is 7.69. The molecule has 106 valence electrons. The van der Waals surface area contributed by atoms with Crippen molar-refractivity contribution in [3.05, 3.63) is 35.4 Å². The van der Waals surface area contributed by atoms with Crippen molar-refractivity contribution < 1.29 is 0 Å². The summed E-state index contributed by atoms with van der Waals surface area (Å²) in [5.41, 5.74) is 2.77. The van der Waals surface area contributed by atoms with Crippen molar-refractivity contribution in [3.8, 4) is 0 Å². The molecule has 0 spiro atoms. The van der Waals surface area contributed by atoms with E-state index in [2.05, 4.69) is 55.4 Å². The summed E-state index contributed by atoms with van der Waals surface area (Å²) in [6.07, 6.45) is 4.11. The minimum atomic E-state index is 0.459. The molecule has 1 aliphatic rings. The standard InChI is InChI=1S/C17H28N2/c1-4-6-15-9-10-19(12-15)13-17(18-3)16-8-5-7-14(2)11-16/h5,7-8,11,15,17-18H,4,6,9-10,12-13H2,1-3H3. The number of hydrogen-bond donors (Lipinski definition) is 1. The van der Waals surface area contributed by atoms with Crippen LogP contribution in [0.25, 0.3) is 0 Å².